The number of halogens is 3. The van der Waals surface area contributed by atoms with Crippen molar-refractivity contribution in [2.45, 2.75) is 12.1 Å². The lowest BCUT2D eigenvalue weighted by Crippen LogP contribution is -2.32. The van der Waals surface area contributed by atoms with E-state index in [2.05, 4.69) is 15.9 Å². The van der Waals surface area contributed by atoms with Gasteiger partial charge < -0.3 is 5.73 Å². The van der Waals surface area contributed by atoms with Gasteiger partial charge in [0.15, 0.2) is 5.67 Å². The van der Waals surface area contributed by atoms with Gasteiger partial charge in [-0.3, -0.25) is 0 Å². The zero-order valence-electron chi connectivity index (χ0n) is 10.2. The number of benzene rings is 2. The molecule has 4 heteroatoms. The summed E-state index contributed by atoms with van der Waals surface area (Å²) in [6, 6.07) is 14.4. The van der Waals surface area contributed by atoms with E-state index >= 15 is 4.39 Å². The number of hydrogen-bond donors (Lipinski definition) is 1. The van der Waals surface area contributed by atoms with Crippen molar-refractivity contribution in [1.29, 1.82) is 0 Å². The Bertz CT molecular complexity index is 561. The maximum Gasteiger partial charge on any atom is 0.152 e. The molecule has 1 unspecified atom stereocenters. The minimum Gasteiger partial charge on any atom is -0.327 e. The van der Waals surface area contributed by atoms with Crippen LogP contribution in [0, 0.1) is 0 Å². The molecule has 0 saturated heterocycles. The van der Waals surface area contributed by atoms with E-state index in [1.54, 1.807) is 18.2 Å². The van der Waals surface area contributed by atoms with E-state index in [1.807, 2.05) is 30.3 Å². The molecule has 1 atom stereocenters. The summed E-state index contributed by atoms with van der Waals surface area (Å²) in [7, 11) is 0. The lowest BCUT2D eigenvalue weighted by molar-refractivity contribution is 0.175. The fourth-order valence-electron chi connectivity index (χ4n) is 2.00. The van der Waals surface area contributed by atoms with Crippen LogP contribution in [-0.2, 0) is 12.1 Å². The Kier molecular flexibility index (Phi) is 4.61. The lowest BCUT2D eigenvalue weighted by atomic mass is 9.89. The first-order valence-electron chi connectivity index (χ1n) is 5.93. The zero-order valence-corrected chi connectivity index (χ0v) is 12.6. The Balaban J connectivity index is 2.33. The van der Waals surface area contributed by atoms with E-state index < -0.39 is 5.67 Å². The fourth-order valence-corrected chi connectivity index (χ4v) is 2.74. The highest BCUT2D eigenvalue weighted by atomic mass is 79.9. The molecule has 2 rings (SSSR count). The van der Waals surface area contributed by atoms with E-state index in [9.17, 15) is 0 Å². The highest BCUT2D eigenvalue weighted by Gasteiger charge is 2.31. The first-order valence-corrected chi connectivity index (χ1v) is 7.11. The van der Waals surface area contributed by atoms with Crippen LogP contribution in [0.4, 0.5) is 4.39 Å². The maximum absolute atomic E-state index is 15.0. The number of rotatable bonds is 4. The van der Waals surface area contributed by atoms with Gasteiger partial charge in [-0.15, -0.1) is 0 Å². The molecule has 1 nitrogen and oxygen atoms in total. The monoisotopic (exact) mass is 341 g/mol. The van der Waals surface area contributed by atoms with Gasteiger partial charge in [-0.1, -0.05) is 63.9 Å². The van der Waals surface area contributed by atoms with Gasteiger partial charge in [0.25, 0.3) is 0 Å². The number of nitrogens with two attached hydrogens (primary N) is 1. The second-order valence-electron chi connectivity index (χ2n) is 4.45. The highest BCUT2D eigenvalue weighted by molar-refractivity contribution is 9.10. The molecular weight excluding hydrogens is 329 g/mol. The molecule has 0 spiro atoms. The van der Waals surface area contributed by atoms with Gasteiger partial charge in [-0.25, -0.2) is 4.39 Å². The molecule has 19 heavy (non-hydrogen) atoms. The van der Waals surface area contributed by atoms with E-state index in [0.29, 0.717) is 10.6 Å². The summed E-state index contributed by atoms with van der Waals surface area (Å²) in [4.78, 5) is 0. The van der Waals surface area contributed by atoms with E-state index in [-0.39, 0.29) is 13.0 Å². The second kappa shape index (κ2) is 6.04. The SMILES string of the molecule is NCC(F)(Cc1ccc(Br)cc1Cl)c1ccccc1. The van der Waals surface area contributed by atoms with Gasteiger partial charge >= 0.3 is 0 Å². The van der Waals surface area contributed by atoms with Gasteiger partial charge in [0.2, 0.25) is 0 Å². The molecule has 0 saturated carbocycles. The van der Waals surface area contributed by atoms with Gasteiger partial charge in [0.05, 0.1) is 0 Å². The highest BCUT2D eigenvalue weighted by Crippen LogP contribution is 2.32. The molecular formula is C15H14BrClFN. The van der Waals surface area contributed by atoms with Crippen molar-refractivity contribution in [3.05, 3.63) is 69.2 Å². The van der Waals surface area contributed by atoms with Crippen LogP contribution < -0.4 is 5.73 Å². The minimum absolute atomic E-state index is 0.0800. The normalized spacial score (nSPS) is 14.1. The van der Waals surface area contributed by atoms with Crippen LogP contribution in [0.5, 0.6) is 0 Å². The predicted molar refractivity (Wildman–Crippen MR) is 81.1 cm³/mol. The van der Waals surface area contributed by atoms with Crippen LogP contribution >= 0.6 is 27.5 Å². The summed E-state index contributed by atoms with van der Waals surface area (Å²) < 4.78 is 15.9. The van der Waals surface area contributed by atoms with Crippen LogP contribution in [-0.4, -0.2) is 6.54 Å². The summed E-state index contributed by atoms with van der Waals surface area (Å²) in [6.45, 7) is -0.0800. The smallest absolute Gasteiger partial charge is 0.152 e. The Labute approximate surface area is 125 Å². The molecule has 0 fully saturated rings. The molecule has 0 bridgehead atoms. The van der Waals surface area contributed by atoms with Crippen molar-refractivity contribution >= 4 is 27.5 Å². The van der Waals surface area contributed by atoms with Gasteiger partial charge in [0.1, 0.15) is 0 Å². The molecule has 2 aromatic rings. The van der Waals surface area contributed by atoms with Crippen molar-refractivity contribution in [2.24, 2.45) is 5.73 Å². The topological polar surface area (TPSA) is 26.0 Å². The van der Waals surface area contributed by atoms with E-state index in [4.69, 9.17) is 17.3 Å². The summed E-state index contributed by atoms with van der Waals surface area (Å²) in [5.74, 6) is 0. The molecule has 0 aliphatic heterocycles. The van der Waals surface area contributed by atoms with Crippen LogP contribution in [0.2, 0.25) is 5.02 Å². The van der Waals surface area contributed by atoms with Gasteiger partial charge in [-0.2, -0.15) is 0 Å². The molecule has 0 amide bonds. The van der Waals surface area contributed by atoms with Crippen molar-refractivity contribution in [2.75, 3.05) is 6.54 Å². The maximum atomic E-state index is 15.0. The first kappa shape index (κ1) is 14.5. The number of alkyl halides is 1. The molecule has 2 N–H and O–H groups in total. The minimum atomic E-state index is -1.60. The van der Waals surface area contributed by atoms with Crippen molar-refractivity contribution in [3.8, 4) is 0 Å². The van der Waals surface area contributed by atoms with Crippen molar-refractivity contribution in [1.82, 2.24) is 0 Å². The quantitative estimate of drug-likeness (QED) is 0.871. The third-order valence-corrected chi connectivity index (χ3v) is 3.95. The zero-order chi connectivity index (χ0) is 13.9. The van der Waals surface area contributed by atoms with Gasteiger partial charge in [0, 0.05) is 22.5 Å². The largest absolute Gasteiger partial charge is 0.327 e. The van der Waals surface area contributed by atoms with Crippen molar-refractivity contribution in [3.63, 3.8) is 0 Å². The van der Waals surface area contributed by atoms with Crippen LogP contribution in [0.25, 0.3) is 0 Å². The lowest BCUT2D eigenvalue weighted by Gasteiger charge is -2.25. The Hall–Kier alpha value is -0.900. The summed E-state index contributed by atoms with van der Waals surface area (Å²) in [5.41, 5.74) is 5.37. The Morgan fingerprint density at radius 1 is 1.16 bits per heavy atom. The second-order valence-corrected chi connectivity index (χ2v) is 5.77. The standard InChI is InChI=1S/C15H14BrClFN/c16-13-7-6-11(14(17)8-13)9-15(18,10-19)12-4-2-1-3-5-12/h1-8H,9-10,19H2. The summed E-state index contributed by atoms with van der Waals surface area (Å²) in [6.07, 6.45) is 0.166. The number of hydrogen-bond acceptors (Lipinski definition) is 1. The molecule has 0 aliphatic rings. The summed E-state index contributed by atoms with van der Waals surface area (Å²) >= 11 is 9.48. The molecule has 0 aromatic heterocycles. The van der Waals surface area contributed by atoms with E-state index in [1.165, 1.54) is 0 Å². The van der Waals surface area contributed by atoms with Crippen LogP contribution in [0.1, 0.15) is 11.1 Å². The van der Waals surface area contributed by atoms with Crippen LogP contribution in [0.3, 0.4) is 0 Å². The molecule has 0 radical (unpaired) electrons. The fraction of sp³-hybridized carbons (Fsp3) is 0.200. The molecule has 0 heterocycles. The first-order chi connectivity index (χ1) is 9.05. The predicted octanol–water partition coefficient (Wildman–Crippen LogP) is 4.47. The molecule has 100 valence electrons. The molecule has 2 aromatic carbocycles. The summed E-state index contributed by atoms with van der Waals surface area (Å²) in [5, 5.41) is 0.542. The average Bonchev–Trinajstić information content (AvgIpc) is 2.43. The van der Waals surface area contributed by atoms with E-state index in [0.717, 1.165) is 10.0 Å². The third kappa shape index (κ3) is 3.35. The molecule has 0 aliphatic carbocycles. The average molecular weight is 343 g/mol. The third-order valence-electron chi connectivity index (χ3n) is 3.10. The van der Waals surface area contributed by atoms with Crippen molar-refractivity contribution < 1.29 is 4.39 Å². The van der Waals surface area contributed by atoms with Crippen LogP contribution in [0.15, 0.2) is 53.0 Å². The Morgan fingerprint density at radius 3 is 2.42 bits per heavy atom. The Morgan fingerprint density at radius 2 is 1.84 bits per heavy atom. The van der Waals surface area contributed by atoms with Gasteiger partial charge in [-0.05, 0) is 23.3 Å².